The van der Waals surface area contributed by atoms with Gasteiger partial charge in [-0.3, -0.25) is 4.84 Å². The molecule has 6 heteroatoms. The monoisotopic (exact) mass is 190 g/mol. The summed E-state index contributed by atoms with van der Waals surface area (Å²) < 4.78 is 0. The van der Waals surface area contributed by atoms with Crippen molar-refractivity contribution in [2.45, 2.75) is 13.8 Å². The van der Waals surface area contributed by atoms with Gasteiger partial charge < -0.3 is 11.5 Å². The van der Waals surface area contributed by atoms with Gasteiger partial charge in [0.05, 0.1) is 6.61 Å². The molecule has 12 heavy (non-hydrogen) atoms. The molecule has 0 aliphatic carbocycles. The van der Waals surface area contributed by atoms with Gasteiger partial charge in [-0.05, 0) is 18.1 Å². The fraction of sp³-hybridized carbons (Fsp3) is 0.667. The van der Waals surface area contributed by atoms with Gasteiger partial charge in [-0.1, -0.05) is 13.8 Å². The molecule has 0 unspecified atom stereocenters. The zero-order valence-corrected chi connectivity index (χ0v) is 8.02. The summed E-state index contributed by atoms with van der Waals surface area (Å²) in [4.78, 5) is 8.48. The number of hydroxylamine groups is 1. The zero-order valence-electron chi connectivity index (χ0n) is 7.20. The fourth-order valence-electron chi connectivity index (χ4n) is 0.424. The normalized spacial score (nSPS) is 11.8. The van der Waals surface area contributed by atoms with E-state index in [9.17, 15) is 0 Å². The Morgan fingerprint density at radius 3 is 2.58 bits per heavy atom. The van der Waals surface area contributed by atoms with Crippen LogP contribution in [-0.4, -0.2) is 17.7 Å². The molecule has 5 N–H and O–H groups in total. The molecule has 0 rings (SSSR count). The minimum absolute atomic E-state index is 0.0202. The van der Waals surface area contributed by atoms with Gasteiger partial charge in [0, 0.05) is 0 Å². The Morgan fingerprint density at radius 1 is 1.58 bits per heavy atom. The number of hydrogen-bond donors (Lipinski definition) is 3. The third kappa shape index (κ3) is 7.23. The summed E-state index contributed by atoms with van der Waals surface area (Å²) in [6, 6.07) is 0. The van der Waals surface area contributed by atoms with E-state index in [0.717, 1.165) is 0 Å². The number of rotatable bonds is 3. The van der Waals surface area contributed by atoms with Gasteiger partial charge in [0.1, 0.15) is 0 Å². The van der Waals surface area contributed by atoms with Crippen LogP contribution in [0, 0.1) is 5.92 Å². The molecule has 0 aliphatic rings. The number of nitrogens with zero attached hydrogens (tertiary/aromatic N) is 1. The lowest BCUT2D eigenvalue weighted by Crippen LogP contribution is -2.34. The molecule has 0 saturated heterocycles. The lowest BCUT2D eigenvalue weighted by Gasteiger charge is -2.07. The first-order valence-corrected chi connectivity index (χ1v) is 3.94. The highest BCUT2D eigenvalue weighted by molar-refractivity contribution is 7.80. The second-order valence-corrected chi connectivity index (χ2v) is 3.06. The quantitative estimate of drug-likeness (QED) is 0.247. The van der Waals surface area contributed by atoms with E-state index in [1.165, 1.54) is 0 Å². The molecule has 0 amide bonds. The molecule has 0 radical (unpaired) electrons. The van der Waals surface area contributed by atoms with Crippen LogP contribution in [0.3, 0.4) is 0 Å². The molecule has 0 aromatic rings. The molecule has 0 fully saturated rings. The molecule has 0 aliphatic heterocycles. The number of guanidine groups is 1. The maximum absolute atomic E-state index is 5.31. The van der Waals surface area contributed by atoms with Crippen LogP contribution in [0.2, 0.25) is 0 Å². The van der Waals surface area contributed by atoms with Crippen molar-refractivity contribution in [1.82, 2.24) is 5.48 Å². The first-order valence-electron chi connectivity index (χ1n) is 3.53. The van der Waals surface area contributed by atoms with Crippen molar-refractivity contribution < 1.29 is 4.84 Å². The summed E-state index contributed by atoms with van der Waals surface area (Å²) >= 11 is 4.49. The number of thiocarbonyl (C=S) groups is 1. The predicted molar refractivity (Wildman–Crippen MR) is 52.3 cm³/mol. The van der Waals surface area contributed by atoms with Gasteiger partial charge in [-0.25, -0.2) is 5.48 Å². The van der Waals surface area contributed by atoms with E-state index >= 15 is 0 Å². The van der Waals surface area contributed by atoms with E-state index in [0.29, 0.717) is 12.5 Å². The van der Waals surface area contributed by atoms with Crippen molar-refractivity contribution in [3.8, 4) is 0 Å². The van der Waals surface area contributed by atoms with Crippen molar-refractivity contribution in [3.05, 3.63) is 0 Å². The van der Waals surface area contributed by atoms with E-state index in [4.69, 9.17) is 16.3 Å². The van der Waals surface area contributed by atoms with Crippen LogP contribution < -0.4 is 16.9 Å². The molecular formula is C6H14N4OS. The Morgan fingerprint density at radius 2 is 2.17 bits per heavy atom. The Bertz CT molecular complexity index is 180. The van der Waals surface area contributed by atoms with E-state index < -0.39 is 0 Å². The van der Waals surface area contributed by atoms with E-state index in [-0.39, 0.29) is 11.1 Å². The number of hydrogen-bond acceptors (Lipinski definition) is 2. The van der Waals surface area contributed by atoms with Crippen LogP contribution in [-0.2, 0) is 4.84 Å². The Balaban J connectivity index is 3.57. The summed E-state index contributed by atoms with van der Waals surface area (Å²) in [6.45, 7) is 4.58. The standard InChI is InChI=1S/C6H14N4OS/c1-4(2)3-11-10-5(7)9-6(8)12/h4H,3H2,1-2H3,(H5,7,8,9,10,12). The maximum atomic E-state index is 5.31. The second kappa shape index (κ2) is 5.73. The first-order chi connectivity index (χ1) is 5.52. The van der Waals surface area contributed by atoms with Gasteiger partial charge >= 0.3 is 0 Å². The lowest BCUT2D eigenvalue weighted by atomic mass is 10.2. The summed E-state index contributed by atoms with van der Waals surface area (Å²) in [6.07, 6.45) is 0. The maximum Gasteiger partial charge on any atom is 0.220 e. The molecule has 0 aromatic heterocycles. The van der Waals surface area contributed by atoms with Gasteiger partial charge in [-0.2, -0.15) is 4.99 Å². The van der Waals surface area contributed by atoms with Crippen molar-refractivity contribution in [2.24, 2.45) is 22.4 Å². The topological polar surface area (TPSA) is 85.7 Å². The molecule has 0 spiro atoms. The minimum atomic E-state index is -0.0202. The largest absolute Gasteiger partial charge is 0.374 e. The molecule has 0 bridgehead atoms. The highest BCUT2D eigenvalue weighted by atomic mass is 32.1. The zero-order chi connectivity index (χ0) is 9.56. The van der Waals surface area contributed by atoms with E-state index in [2.05, 4.69) is 22.7 Å². The molecule has 70 valence electrons. The first kappa shape index (κ1) is 11.1. The van der Waals surface area contributed by atoms with Crippen molar-refractivity contribution in [3.63, 3.8) is 0 Å². The predicted octanol–water partition coefficient (Wildman–Crippen LogP) is -0.278. The number of nitrogens with two attached hydrogens (primary N) is 2. The average molecular weight is 190 g/mol. The molecular weight excluding hydrogens is 176 g/mol. The highest BCUT2D eigenvalue weighted by Crippen LogP contribution is 1.89. The van der Waals surface area contributed by atoms with Gasteiger partial charge in [0.25, 0.3) is 0 Å². The Kier molecular flexibility index (Phi) is 5.31. The number of aliphatic imine (C=N–C) groups is 1. The van der Waals surface area contributed by atoms with Crippen LogP contribution in [0.5, 0.6) is 0 Å². The Labute approximate surface area is 77.1 Å². The molecule has 0 saturated carbocycles. The van der Waals surface area contributed by atoms with Crippen LogP contribution in [0.25, 0.3) is 0 Å². The SMILES string of the molecule is CC(C)CON/C(N)=N/C(N)=S. The number of nitrogens with one attached hydrogen (secondary N) is 1. The van der Waals surface area contributed by atoms with Gasteiger partial charge in [-0.15, -0.1) is 0 Å². The fourth-order valence-corrected chi connectivity index (χ4v) is 0.522. The summed E-state index contributed by atoms with van der Waals surface area (Å²) in [7, 11) is 0. The summed E-state index contributed by atoms with van der Waals surface area (Å²) in [5.41, 5.74) is 12.8. The third-order valence-corrected chi connectivity index (χ3v) is 0.915. The summed E-state index contributed by atoms with van der Waals surface area (Å²) in [5.74, 6) is 0.498. The van der Waals surface area contributed by atoms with E-state index in [1.807, 2.05) is 13.8 Å². The lowest BCUT2D eigenvalue weighted by molar-refractivity contribution is 0.0634. The second-order valence-electron chi connectivity index (χ2n) is 2.64. The minimum Gasteiger partial charge on any atom is -0.374 e. The van der Waals surface area contributed by atoms with Crippen molar-refractivity contribution >= 4 is 23.3 Å². The third-order valence-electron chi connectivity index (χ3n) is 0.824. The highest BCUT2D eigenvalue weighted by Gasteiger charge is 1.95. The average Bonchev–Trinajstić information content (AvgIpc) is 1.84. The van der Waals surface area contributed by atoms with E-state index in [1.54, 1.807) is 0 Å². The van der Waals surface area contributed by atoms with Gasteiger partial charge in [0.2, 0.25) is 5.96 Å². The molecule has 0 heterocycles. The molecule has 0 atom stereocenters. The molecule has 5 nitrogen and oxygen atoms in total. The Hall–Kier alpha value is -0.880. The molecule has 0 aromatic carbocycles. The van der Waals surface area contributed by atoms with Gasteiger partial charge in [0.15, 0.2) is 5.11 Å². The van der Waals surface area contributed by atoms with Crippen molar-refractivity contribution in [1.29, 1.82) is 0 Å². The van der Waals surface area contributed by atoms with Crippen molar-refractivity contribution in [2.75, 3.05) is 6.61 Å². The van der Waals surface area contributed by atoms with Crippen LogP contribution >= 0.6 is 12.2 Å². The van der Waals surface area contributed by atoms with Crippen LogP contribution in [0.4, 0.5) is 0 Å². The van der Waals surface area contributed by atoms with Crippen LogP contribution in [0.15, 0.2) is 4.99 Å². The summed E-state index contributed by atoms with van der Waals surface area (Å²) in [5, 5.41) is -0.0202. The van der Waals surface area contributed by atoms with Crippen LogP contribution in [0.1, 0.15) is 13.8 Å². The smallest absolute Gasteiger partial charge is 0.220 e.